The molecule has 1 aromatic heterocycles. The normalized spacial score (nSPS) is 19.8. The van der Waals surface area contributed by atoms with Crippen LogP contribution in [0.25, 0.3) is 11.1 Å². The Bertz CT molecular complexity index is 1180. The molecule has 1 aromatic carbocycles. The molecule has 2 N–H and O–H groups in total. The number of carboxylic acids is 1. The molecule has 2 aromatic rings. The first-order chi connectivity index (χ1) is 18.1. The number of nitrogens with zero attached hydrogens (tertiary/aromatic N) is 1. The van der Waals surface area contributed by atoms with Crippen molar-refractivity contribution in [2.24, 2.45) is 11.3 Å². The molecule has 2 heterocycles. The Balaban J connectivity index is 1.50. The molecule has 2 aliphatic carbocycles. The fraction of sp³-hybridized carbons (Fsp3) is 0.625. The Labute approximate surface area is 227 Å². The number of rotatable bonds is 7. The van der Waals surface area contributed by atoms with E-state index in [2.05, 4.69) is 11.4 Å². The SMILES string of the molecule is Cc1nc(NCC2CCC3(CCC3)CC2)c(C)c(C(OC(C)(C)C)C(=O)O)c1-c1ccc2c(c1)CCCO2. The van der Waals surface area contributed by atoms with E-state index in [1.54, 1.807) is 0 Å². The highest BCUT2D eigenvalue weighted by Crippen LogP contribution is 2.52. The van der Waals surface area contributed by atoms with Gasteiger partial charge in [-0.2, -0.15) is 0 Å². The summed E-state index contributed by atoms with van der Waals surface area (Å²) in [6, 6.07) is 6.17. The number of anilines is 1. The van der Waals surface area contributed by atoms with E-state index in [-0.39, 0.29) is 0 Å². The fourth-order valence-corrected chi connectivity index (χ4v) is 6.70. The van der Waals surface area contributed by atoms with E-state index in [9.17, 15) is 9.90 Å². The molecule has 2 saturated carbocycles. The quantitative estimate of drug-likeness (QED) is 0.396. The number of benzene rings is 1. The summed E-state index contributed by atoms with van der Waals surface area (Å²) in [5.41, 5.74) is 5.34. The Morgan fingerprint density at radius 1 is 1.18 bits per heavy atom. The number of ether oxygens (including phenoxy) is 2. The highest BCUT2D eigenvalue weighted by molar-refractivity contribution is 5.83. The van der Waals surface area contributed by atoms with Gasteiger partial charge in [-0.15, -0.1) is 0 Å². The average molecular weight is 521 g/mol. The second-order valence-electron chi connectivity index (χ2n) is 12.9. The van der Waals surface area contributed by atoms with E-state index >= 15 is 0 Å². The number of nitrogens with one attached hydrogen (secondary N) is 1. The van der Waals surface area contributed by atoms with Crippen LogP contribution < -0.4 is 10.1 Å². The van der Waals surface area contributed by atoms with Gasteiger partial charge in [0.2, 0.25) is 0 Å². The maximum Gasteiger partial charge on any atom is 0.337 e. The van der Waals surface area contributed by atoms with Crippen molar-refractivity contribution < 1.29 is 19.4 Å². The highest BCUT2D eigenvalue weighted by atomic mass is 16.5. The second-order valence-corrected chi connectivity index (χ2v) is 12.9. The van der Waals surface area contributed by atoms with Crippen LogP contribution in [0, 0.1) is 25.2 Å². The van der Waals surface area contributed by atoms with Gasteiger partial charge >= 0.3 is 5.97 Å². The lowest BCUT2D eigenvalue weighted by atomic mass is 9.59. The van der Waals surface area contributed by atoms with Crippen LogP contribution in [0.5, 0.6) is 5.75 Å². The van der Waals surface area contributed by atoms with Crippen molar-refractivity contribution in [2.75, 3.05) is 18.5 Å². The van der Waals surface area contributed by atoms with Crippen LogP contribution in [0.1, 0.15) is 101 Å². The summed E-state index contributed by atoms with van der Waals surface area (Å²) in [6.45, 7) is 11.3. The van der Waals surface area contributed by atoms with Gasteiger partial charge in [0.05, 0.1) is 12.2 Å². The van der Waals surface area contributed by atoms with Gasteiger partial charge in [-0.3, -0.25) is 0 Å². The Morgan fingerprint density at radius 2 is 1.92 bits per heavy atom. The molecule has 1 aliphatic heterocycles. The molecule has 6 nitrogen and oxygen atoms in total. The number of pyridine rings is 1. The van der Waals surface area contributed by atoms with Crippen LogP contribution in [0.15, 0.2) is 18.2 Å². The second kappa shape index (κ2) is 10.5. The number of aryl methyl sites for hydroxylation is 2. The Morgan fingerprint density at radius 3 is 2.55 bits per heavy atom. The van der Waals surface area contributed by atoms with Gasteiger partial charge in [0.15, 0.2) is 6.10 Å². The average Bonchev–Trinajstić information content (AvgIpc) is 2.86. The zero-order chi connectivity index (χ0) is 27.1. The first-order valence-electron chi connectivity index (χ1n) is 14.5. The molecule has 2 fully saturated rings. The fourth-order valence-electron chi connectivity index (χ4n) is 6.70. The van der Waals surface area contributed by atoms with Crippen molar-refractivity contribution in [1.29, 1.82) is 0 Å². The molecule has 3 aliphatic rings. The molecule has 5 rings (SSSR count). The van der Waals surface area contributed by atoms with Crippen molar-refractivity contribution in [3.05, 3.63) is 40.6 Å². The Kier molecular flexibility index (Phi) is 7.47. The molecule has 1 spiro atoms. The molecule has 0 bridgehead atoms. The van der Waals surface area contributed by atoms with Crippen LogP contribution >= 0.6 is 0 Å². The lowest BCUT2D eigenvalue weighted by Gasteiger charge is -2.47. The largest absolute Gasteiger partial charge is 0.493 e. The summed E-state index contributed by atoms with van der Waals surface area (Å²) in [5.74, 6) is 1.34. The van der Waals surface area contributed by atoms with Crippen molar-refractivity contribution in [1.82, 2.24) is 4.98 Å². The molecule has 6 heteroatoms. The standard InChI is InChI=1S/C32H44N2O4/c1-20-26(28(30(35)36)38-31(3,4)5)27(24-9-10-25-23(18-24)8-6-17-37-25)21(2)34-29(20)33-19-22-11-15-32(16-12-22)13-7-14-32/h9-10,18,22,28H,6-8,11-17,19H2,1-5H3,(H,33,34)(H,35,36). The van der Waals surface area contributed by atoms with E-state index < -0.39 is 17.7 Å². The third kappa shape index (κ3) is 5.56. The molecule has 0 amide bonds. The lowest BCUT2D eigenvalue weighted by molar-refractivity contribution is -0.160. The summed E-state index contributed by atoms with van der Waals surface area (Å²) in [6.07, 6.45) is 10.3. The lowest BCUT2D eigenvalue weighted by Crippen LogP contribution is -2.35. The maximum absolute atomic E-state index is 12.7. The minimum atomic E-state index is -1.10. The summed E-state index contributed by atoms with van der Waals surface area (Å²) in [4.78, 5) is 17.7. The number of aliphatic carboxylic acids is 1. The number of carboxylic acid groups (broad SMARTS) is 1. The molecule has 206 valence electrons. The van der Waals surface area contributed by atoms with E-state index in [0.717, 1.165) is 65.5 Å². The predicted octanol–water partition coefficient (Wildman–Crippen LogP) is 7.40. The molecule has 38 heavy (non-hydrogen) atoms. The van der Waals surface area contributed by atoms with E-state index in [0.29, 0.717) is 16.9 Å². The first-order valence-corrected chi connectivity index (χ1v) is 14.5. The van der Waals surface area contributed by atoms with Gasteiger partial charge in [-0.1, -0.05) is 12.5 Å². The van der Waals surface area contributed by atoms with Gasteiger partial charge in [0.1, 0.15) is 11.6 Å². The smallest absolute Gasteiger partial charge is 0.337 e. The molecular weight excluding hydrogens is 476 g/mol. The molecule has 0 saturated heterocycles. The third-order valence-electron chi connectivity index (χ3n) is 8.96. The third-order valence-corrected chi connectivity index (χ3v) is 8.96. The van der Waals surface area contributed by atoms with Crippen molar-refractivity contribution >= 4 is 11.8 Å². The first kappa shape index (κ1) is 27.0. The monoisotopic (exact) mass is 520 g/mol. The molecule has 1 atom stereocenters. The molecule has 1 unspecified atom stereocenters. The number of aromatic nitrogens is 1. The Hall–Kier alpha value is -2.60. The van der Waals surface area contributed by atoms with Crippen molar-refractivity contribution in [2.45, 2.75) is 104 Å². The van der Waals surface area contributed by atoms with E-state index in [1.807, 2.05) is 46.8 Å². The van der Waals surface area contributed by atoms with Gasteiger partial charge < -0.3 is 19.9 Å². The minimum absolute atomic E-state index is 0.624. The van der Waals surface area contributed by atoms with Gasteiger partial charge in [-0.05, 0) is 126 Å². The van der Waals surface area contributed by atoms with Crippen LogP contribution in [-0.4, -0.2) is 34.8 Å². The van der Waals surface area contributed by atoms with Gasteiger partial charge in [0.25, 0.3) is 0 Å². The van der Waals surface area contributed by atoms with Gasteiger partial charge in [0, 0.05) is 23.4 Å². The van der Waals surface area contributed by atoms with E-state index in [4.69, 9.17) is 14.5 Å². The molecular formula is C32H44N2O4. The number of carbonyl (C=O) groups is 1. The number of hydrogen-bond acceptors (Lipinski definition) is 5. The zero-order valence-corrected chi connectivity index (χ0v) is 23.8. The number of fused-ring (bicyclic) bond motifs is 1. The van der Waals surface area contributed by atoms with Crippen LogP contribution in [0.3, 0.4) is 0 Å². The topological polar surface area (TPSA) is 80.7 Å². The minimum Gasteiger partial charge on any atom is -0.493 e. The van der Waals surface area contributed by atoms with Crippen molar-refractivity contribution in [3.63, 3.8) is 0 Å². The zero-order valence-electron chi connectivity index (χ0n) is 23.8. The number of hydrogen-bond donors (Lipinski definition) is 2. The summed E-state index contributed by atoms with van der Waals surface area (Å²) < 4.78 is 12.0. The predicted molar refractivity (Wildman–Crippen MR) is 151 cm³/mol. The van der Waals surface area contributed by atoms with Gasteiger partial charge in [-0.25, -0.2) is 9.78 Å². The highest BCUT2D eigenvalue weighted by Gasteiger charge is 2.40. The maximum atomic E-state index is 12.7. The van der Waals surface area contributed by atoms with Crippen LogP contribution in [-0.2, 0) is 16.0 Å². The van der Waals surface area contributed by atoms with E-state index in [1.165, 1.54) is 44.9 Å². The van der Waals surface area contributed by atoms with Crippen LogP contribution in [0.2, 0.25) is 0 Å². The van der Waals surface area contributed by atoms with Crippen LogP contribution in [0.4, 0.5) is 5.82 Å². The molecule has 0 radical (unpaired) electrons. The summed E-state index contributed by atoms with van der Waals surface area (Å²) in [5, 5.41) is 14.0. The summed E-state index contributed by atoms with van der Waals surface area (Å²) in [7, 11) is 0. The summed E-state index contributed by atoms with van der Waals surface area (Å²) >= 11 is 0. The van der Waals surface area contributed by atoms with Crippen molar-refractivity contribution in [3.8, 4) is 16.9 Å².